The lowest BCUT2D eigenvalue weighted by Crippen LogP contribution is -2.32. The van der Waals surface area contributed by atoms with Crippen LogP contribution in [0.3, 0.4) is 0 Å². The molecule has 0 aliphatic heterocycles. The summed E-state index contributed by atoms with van der Waals surface area (Å²) in [6, 6.07) is 6.16. The Labute approximate surface area is 77.2 Å². The minimum atomic E-state index is -0.989. The van der Waals surface area contributed by atoms with Gasteiger partial charge in [-0.25, -0.2) is 0 Å². The molecule has 0 heterocycles. The van der Waals surface area contributed by atoms with E-state index in [0.29, 0.717) is 12.0 Å². The molecule has 1 rings (SSSR count). The third-order valence-corrected chi connectivity index (χ3v) is 1.75. The number of carbonyl (C=O) groups is 1. The second kappa shape index (κ2) is 4.05. The molecule has 2 radical (unpaired) electrons. The molecule has 68 valence electrons. The molecule has 1 aromatic rings. The zero-order valence-electron chi connectivity index (χ0n) is 7.10. The Morgan fingerprint density at radius 1 is 1.46 bits per heavy atom. The average Bonchev–Trinajstić information content (AvgIpc) is 2.08. The van der Waals surface area contributed by atoms with E-state index in [-0.39, 0.29) is 0 Å². The van der Waals surface area contributed by atoms with Crippen molar-refractivity contribution in [3.63, 3.8) is 0 Å². The summed E-state index contributed by atoms with van der Waals surface area (Å²) in [4.78, 5) is 10.4. The van der Waals surface area contributed by atoms with Crippen LogP contribution in [0.2, 0.25) is 0 Å². The Morgan fingerprint density at radius 2 is 2.00 bits per heavy atom. The molecule has 3 nitrogen and oxygen atoms in total. The van der Waals surface area contributed by atoms with Crippen molar-refractivity contribution in [2.24, 2.45) is 5.73 Å². The summed E-state index contributed by atoms with van der Waals surface area (Å²) in [5.74, 6) is -0.989. The smallest absolute Gasteiger partial charge is 0.320 e. The topological polar surface area (TPSA) is 63.3 Å². The van der Waals surface area contributed by atoms with E-state index >= 15 is 0 Å². The number of carboxylic acids is 1. The zero-order valence-corrected chi connectivity index (χ0v) is 7.10. The molecule has 1 unspecified atom stereocenters. The molecule has 3 N–H and O–H groups in total. The predicted molar refractivity (Wildman–Crippen MR) is 49.2 cm³/mol. The van der Waals surface area contributed by atoms with Crippen LogP contribution in [0.1, 0.15) is 11.1 Å². The molecule has 0 spiro atoms. The number of rotatable bonds is 3. The molecule has 0 aliphatic carbocycles. The van der Waals surface area contributed by atoms with Crippen LogP contribution in [-0.2, 0) is 11.2 Å². The van der Waals surface area contributed by atoms with Crippen LogP contribution in [0, 0.1) is 6.92 Å². The molecule has 0 fully saturated rings. The van der Waals surface area contributed by atoms with Gasteiger partial charge in [-0.05, 0) is 24.5 Å². The highest BCUT2D eigenvalue weighted by atomic mass is 16.4. The van der Waals surface area contributed by atoms with Gasteiger partial charge >= 0.3 is 5.97 Å². The minimum Gasteiger partial charge on any atom is -0.480 e. The minimum absolute atomic E-state index is 0.329. The van der Waals surface area contributed by atoms with Crippen molar-refractivity contribution in [3.05, 3.63) is 42.3 Å². The van der Waals surface area contributed by atoms with Crippen molar-refractivity contribution in [2.45, 2.75) is 12.5 Å². The molecule has 0 saturated carbocycles. The summed E-state index contributed by atoms with van der Waals surface area (Å²) in [7, 11) is 0. The summed E-state index contributed by atoms with van der Waals surface area (Å²) >= 11 is 0. The molecule has 0 amide bonds. The van der Waals surface area contributed by atoms with Crippen molar-refractivity contribution in [2.75, 3.05) is 0 Å². The van der Waals surface area contributed by atoms with Crippen LogP contribution in [0.25, 0.3) is 0 Å². The van der Waals surface area contributed by atoms with E-state index in [2.05, 4.69) is 0 Å². The van der Waals surface area contributed by atoms with E-state index in [0.717, 1.165) is 5.56 Å². The van der Waals surface area contributed by atoms with Gasteiger partial charge in [-0.1, -0.05) is 24.3 Å². The SMILES string of the molecule is [CH]c1ccc(CC(N)C(=O)O)cc1. The monoisotopic (exact) mass is 177 g/mol. The van der Waals surface area contributed by atoms with Crippen LogP contribution in [0.5, 0.6) is 0 Å². The van der Waals surface area contributed by atoms with Gasteiger partial charge in [0.05, 0.1) is 0 Å². The number of carboxylic acid groups (broad SMARTS) is 1. The van der Waals surface area contributed by atoms with Gasteiger partial charge in [0.1, 0.15) is 6.04 Å². The Hall–Kier alpha value is -1.35. The highest BCUT2D eigenvalue weighted by Crippen LogP contribution is 2.05. The number of hydrogen-bond acceptors (Lipinski definition) is 2. The number of hydrogen-bond donors (Lipinski definition) is 2. The maximum atomic E-state index is 10.4. The Morgan fingerprint density at radius 3 is 2.46 bits per heavy atom. The first-order valence-electron chi connectivity index (χ1n) is 3.92. The van der Waals surface area contributed by atoms with Crippen molar-refractivity contribution in [1.82, 2.24) is 0 Å². The molecule has 0 bridgehead atoms. The Kier molecular flexibility index (Phi) is 3.03. The van der Waals surface area contributed by atoms with E-state index < -0.39 is 12.0 Å². The van der Waals surface area contributed by atoms with Crippen molar-refractivity contribution in [3.8, 4) is 0 Å². The van der Waals surface area contributed by atoms with E-state index in [9.17, 15) is 4.79 Å². The van der Waals surface area contributed by atoms with Gasteiger partial charge in [0.2, 0.25) is 0 Å². The van der Waals surface area contributed by atoms with E-state index in [4.69, 9.17) is 17.8 Å². The quantitative estimate of drug-likeness (QED) is 0.714. The maximum Gasteiger partial charge on any atom is 0.320 e. The lowest BCUT2D eigenvalue weighted by molar-refractivity contribution is -0.138. The van der Waals surface area contributed by atoms with Gasteiger partial charge in [-0.2, -0.15) is 0 Å². The van der Waals surface area contributed by atoms with Crippen LogP contribution in [-0.4, -0.2) is 17.1 Å². The summed E-state index contributed by atoms with van der Waals surface area (Å²) in [5.41, 5.74) is 6.89. The van der Waals surface area contributed by atoms with Gasteiger partial charge in [0.25, 0.3) is 0 Å². The third-order valence-electron chi connectivity index (χ3n) is 1.75. The zero-order chi connectivity index (χ0) is 9.84. The normalized spacial score (nSPS) is 12.5. The van der Waals surface area contributed by atoms with E-state index in [1.807, 2.05) is 0 Å². The van der Waals surface area contributed by atoms with Crippen molar-refractivity contribution in [1.29, 1.82) is 0 Å². The van der Waals surface area contributed by atoms with Crippen LogP contribution in [0.15, 0.2) is 24.3 Å². The second-order valence-electron chi connectivity index (χ2n) is 2.89. The molecule has 3 heteroatoms. The van der Waals surface area contributed by atoms with Crippen molar-refractivity contribution < 1.29 is 9.90 Å². The molecular weight excluding hydrogens is 166 g/mol. The molecule has 1 atom stereocenters. The lowest BCUT2D eigenvalue weighted by atomic mass is 10.1. The van der Waals surface area contributed by atoms with Gasteiger partial charge in [0, 0.05) is 0 Å². The van der Waals surface area contributed by atoms with Crippen LogP contribution < -0.4 is 5.73 Å². The van der Waals surface area contributed by atoms with Gasteiger partial charge in [0.15, 0.2) is 0 Å². The summed E-state index contributed by atoms with van der Waals surface area (Å²) in [6.45, 7) is 5.47. The fraction of sp³-hybridized carbons (Fsp3) is 0.200. The first-order chi connectivity index (χ1) is 6.09. The fourth-order valence-corrected chi connectivity index (χ4v) is 0.995. The highest BCUT2D eigenvalue weighted by Gasteiger charge is 2.11. The molecular formula is C10H11NO2. The number of benzene rings is 1. The van der Waals surface area contributed by atoms with Crippen LogP contribution >= 0.6 is 0 Å². The molecule has 0 aromatic heterocycles. The van der Waals surface area contributed by atoms with E-state index in [1.165, 1.54) is 0 Å². The Balaban J connectivity index is 2.64. The number of aliphatic carboxylic acids is 1. The van der Waals surface area contributed by atoms with Crippen LogP contribution in [0.4, 0.5) is 0 Å². The molecule has 0 aliphatic rings. The molecule has 1 aromatic carbocycles. The lowest BCUT2D eigenvalue weighted by Gasteiger charge is -2.05. The maximum absolute atomic E-state index is 10.4. The van der Waals surface area contributed by atoms with Crippen molar-refractivity contribution >= 4 is 5.97 Å². The van der Waals surface area contributed by atoms with Gasteiger partial charge < -0.3 is 10.8 Å². The molecule has 0 saturated heterocycles. The van der Waals surface area contributed by atoms with E-state index in [1.54, 1.807) is 24.3 Å². The first kappa shape index (κ1) is 9.74. The van der Waals surface area contributed by atoms with Gasteiger partial charge in [-0.3, -0.25) is 4.79 Å². The highest BCUT2D eigenvalue weighted by molar-refractivity contribution is 5.73. The summed E-state index contributed by atoms with van der Waals surface area (Å²) in [6.07, 6.45) is 0.329. The fourth-order valence-electron chi connectivity index (χ4n) is 0.995. The second-order valence-corrected chi connectivity index (χ2v) is 2.89. The number of nitrogens with two attached hydrogens (primary N) is 1. The Bertz CT molecular complexity index is 292. The first-order valence-corrected chi connectivity index (χ1v) is 3.92. The largest absolute Gasteiger partial charge is 0.480 e. The predicted octanol–water partition coefficient (Wildman–Crippen LogP) is 0.700. The van der Waals surface area contributed by atoms with Gasteiger partial charge in [-0.15, -0.1) is 0 Å². The summed E-state index contributed by atoms with van der Waals surface area (Å²) < 4.78 is 0. The summed E-state index contributed by atoms with van der Waals surface area (Å²) in [5, 5.41) is 8.55. The molecule has 13 heavy (non-hydrogen) atoms. The third kappa shape index (κ3) is 2.87. The standard InChI is InChI=1S/C10H11NO2/c1-7-2-4-8(5-3-7)6-9(11)10(12)13/h1-5,9H,6,11H2,(H,12,13). The average molecular weight is 177 g/mol.